The van der Waals surface area contributed by atoms with Crippen molar-refractivity contribution in [2.45, 2.75) is 31.8 Å². The van der Waals surface area contributed by atoms with Crippen LogP contribution in [0.2, 0.25) is 0 Å². The second kappa shape index (κ2) is 5.81. The van der Waals surface area contributed by atoms with Gasteiger partial charge in [0.15, 0.2) is 11.5 Å². The fraction of sp³-hybridized carbons (Fsp3) is 0.316. The fourth-order valence-electron chi connectivity index (χ4n) is 3.62. The van der Waals surface area contributed by atoms with Gasteiger partial charge in [0.25, 0.3) is 5.91 Å². The number of hydrogen-bond acceptors (Lipinski definition) is 5. The smallest absolute Gasteiger partial charge is 0.256 e. The maximum atomic E-state index is 12.6. The Hall–Kier alpha value is -2.47. The van der Waals surface area contributed by atoms with Crippen molar-refractivity contribution in [3.8, 4) is 11.5 Å². The summed E-state index contributed by atoms with van der Waals surface area (Å²) < 4.78 is 10.7. The number of carbonyl (C=O) groups excluding carboxylic acids is 1. The monoisotopic (exact) mass is 354 g/mol. The van der Waals surface area contributed by atoms with Gasteiger partial charge in [-0.1, -0.05) is 12.1 Å². The van der Waals surface area contributed by atoms with Crippen LogP contribution < -0.4 is 20.1 Å². The van der Waals surface area contributed by atoms with Gasteiger partial charge < -0.3 is 20.1 Å². The van der Waals surface area contributed by atoms with E-state index in [9.17, 15) is 4.79 Å². The van der Waals surface area contributed by atoms with Crippen molar-refractivity contribution in [1.29, 1.82) is 0 Å². The van der Waals surface area contributed by atoms with E-state index in [1.54, 1.807) is 11.3 Å². The average molecular weight is 354 g/mol. The molecule has 1 aromatic carbocycles. The number of benzene rings is 1. The van der Waals surface area contributed by atoms with Crippen molar-refractivity contribution in [2.75, 3.05) is 12.1 Å². The standard InChI is InChI=1S/C19H18N2O3S/c22-18-17-12-3-1-2-4-15(12)25-19(17)21-16(20-18)8-6-11-5-7-13-14(9-11)24-10-23-13/h5-9,16,21H,1-4,10H2,(H,20,22)/b8-6+. The molecule has 1 aliphatic carbocycles. The fourth-order valence-corrected chi connectivity index (χ4v) is 4.94. The van der Waals surface area contributed by atoms with E-state index in [2.05, 4.69) is 10.6 Å². The first-order valence-electron chi connectivity index (χ1n) is 8.58. The van der Waals surface area contributed by atoms with Gasteiger partial charge in [-0.3, -0.25) is 4.79 Å². The zero-order valence-electron chi connectivity index (χ0n) is 13.6. The number of carbonyl (C=O) groups is 1. The number of hydrogen-bond donors (Lipinski definition) is 2. The first-order chi connectivity index (χ1) is 12.3. The molecule has 5 nitrogen and oxygen atoms in total. The maximum absolute atomic E-state index is 12.6. The lowest BCUT2D eigenvalue weighted by atomic mass is 9.94. The van der Waals surface area contributed by atoms with Crippen LogP contribution in [0.3, 0.4) is 0 Å². The Kier molecular flexibility index (Phi) is 3.45. The molecule has 0 bridgehead atoms. The van der Waals surface area contributed by atoms with Gasteiger partial charge in [0, 0.05) is 4.88 Å². The minimum Gasteiger partial charge on any atom is -0.454 e. The molecule has 0 radical (unpaired) electrons. The summed E-state index contributed by atoms with van der Waals surface area (Å²) in [7, 11) is 0. The normalized spacial score (nSPS) is 20.8. The third kappa shape index (κ3) is 2.57. The molecule has 0 saturated carbocycles. The van der Waals surface area contributed by atoms with Gasteiger partial charge in [-0.2, -0.15) is 0 Å². The molecule has 1 atom stereocenters. The summed E-state index contributed by atoms with van der Waals surface area (Å²) in [5.41, 5.74) is 3.14. The number of thiophene rings is 1. The van der Waals surface area contributed by atoms with E-state index in [4.69, 9.17) is 9.47 Å². The summed E-state index contributed by atoms with van der Waals surface area (Å²) in [6, 6.07) is 5.82. The van der Waals surface area contributed by atoms with Gasteiger partial charge in [0.2, 0.25) is 6.79 Å². The lowest BCUT2D eigenvalue weighted by Crippen LogP contribution is -2.43. The number of nitrogens with one attached hydrogen (secondary N) is 2. The molecule has 6 heteroatoms. The van der Waals surface area contributed by atoms with Crippen molar-refractivity contribution in [3.05, 3.63) is 45.8 Å². The molecule has 1 aromatic heterocycles. The Bertz CT molecular complexity index is 887. The predicted octanol–water partition coefficient (Wildman–Crippen LogP) is 3.55. The third-order valence-electron chi connectivity index (χ3n) is 4.85. The SMILES string of the molecule is O=C1NC(/C=C/c2ccc3c(c2)OCO3)Nc2sc3c(c21)CCCC3. The highest BCUT2D eigenvalue weighted by Gasteiger charge is 2.30. The molecule has 1 unspecified atom stereocenters. The Balaban J connectivity index is 1.38. The van der Waals surface area contributed by atoms with Gasteiger partial charge in [-0.15, -0.1) is 11.3 Å². The lowest BCUT2D eigenvalue weighted by molar-refractivity contribution is 0.0943. The zero-order valence-corrected chi connectivity index (χ0v) is 14.4. The van der Waals surface area contributed by atoms with Gasteiger partial charge in [0.05, 0.1) is 5.56 Å². The minimum atomic E-state index is -0.203. The molecule has 3 aliphatic rings. The van der Waals surface area contributed by atoms with Crippen LogP contribution in [0.5, 0.6) is 11.5 Å². The largest absolute Gasteiger partial charge is 0.454 e. The highest BCUT2D eigenvalue weighted by molar-refractivity contribution is 7.16. The molecule has 0 fully saturated rings. The van der Waals surface area contributed by atoms with Crippen molar-refractivity contribution in [3.63, 3.8) is 0 Å². The summed E-state index contributed by atoms with van der Waals surface area (Å²) in [6.07, 6.45) is 8.27. The van der Waals surface area contributed by atoms with E-state index < -0.39 is 0 Å². The lowest BCUT2D eigenvalue weighted by Gasteiger charge is -2.24. The quantitative estimate of drug-likeness (QED) is 0.866. The number of amides is 1. The summed E-state index contributed by atoms with van der Waals surface area (Å²) in [6.45, 7) is 0.272. The van der Waals surface area contributed by atoms with Crippen LogP contribution in [0.25, 0.3) is 6.08 Å². The van der Waals surface area contributed by atoms with Crippen LogP contribution in [0, 0.1) is 0 Å². The molecule has 5 rings (SSSR count). The molecule has 128 valence electrons. The molecular formula is C19H18N2O3S. The molecule has 2 N–H and O–H groups in total. The summed E-state index contributed by atoms with van der Waals surface area (Å²) >= 11 is 1.74. The zero-order chi connectivity index (χ0) is 16.8. The number of aryl methyl sites for hydroxylation is 1. The molecule has 2 aliphatic heterocycles. The second-order valence-electron chi connectivity index (χ2n) is 6.48. The van der Waals surface area contributed by atoms with Gasteiger partial charge >= 0.3 is 0 Å². The van der Waals surface area contributed by atoms with Crippen LogP contribution in [0.15, 0.2) is 24.3 Å². The molecule has 25 heavy (non-hydrogen) atoms. The molecule has 3 heterocycles. The average Bonchev–Trinajstić information content (AvgIpc) is 3.23. The summed E-state index contributed by atoms with van der Waals surface area (Å²) in [4.78, 5) is 14.0. The van der Waals surface area contributed by atoms with Gasteiger partial charge in [0.1, 0.15) is 11.2 Å². The molecule has 2 aromatic rings. The van der Waals surface area contributed by atoms with Crippen LogP contribution in [-0.4, -0.2) is 18.9 Å². The van der Waals surface area contributed by atoms with E-state index in [1.165, 1.54) is 23.3 Å². The van der Waals surface area contributed by atoms with Crippen molar-refractivity contribution < 1.29 is 14.3 Å². The number of ether oxygens (including phenoxy) is 2. The maximum Gasteiger partial charge on any atom is 0.256 e. The van der Waals surface area contributed by atoms with Crippen LogP contribution >= 0.6 is 11.3 Å². The van der Waals surface area contributed by atoms with Crippen LogP contribution in [0.4, 0.5) is 5.00 Å². The number of anilines is 1. The Morgan fingerprint density at radius 1 is 1.12 bits per heavy atom. The first kappa shape index (κ1) is 14.8. The molecular weight excluding hydrogens is 336 g/mol. The molecule has 1 amide bonds. The van der Waals surface area contributed by atoms with E-state index >= 15 is 0 Å². The Labute approximate surface area is 149 Å². The number of fused-ring (bicyclic) bond motifs is 4. The summed E-state index contributed by atoms with van der Waals surface area (Å²) in [5.74, 6) is 1.57. The Morgan fingerprint density at radius 3 is 2.96 bits per heavy atom. The highest BCUT2D eigenvalue weighted by atomic mass is 32.1. The predicted molar refractivity (Wildman–Crippen MR) is 97.4 cm³/mol. The Morgan fingerprint density at radius 2 is 2.00 bits per heavy atom. The topological polar surface area (TPSA) is 59.6 Å². The van der Waals surface area contributed by atoms with E-state index in [0.29, 0.717) is 0 Å². The van der Waals surface area contributed by atoms with Crippen molar-refractivity contribution >= 4 is 28.3 Å². The summed E-state index contributed by atoms with van der Waals surface area (Å²) in [5, 5.41) is 7.51. The van der Waals surface area contributed by atoms with E-state index in [1.807, 2.05) is 30.4 Å². The number of rotatable bonds is 2. The van der Waals surface area contributed by atoms with E-state index in [-0.39, 0.29) is 18.9 Å². The third-order valence-corrected chi connectivity index (χ3v) is 6.07. The minimum absolute atomic E-state index is 0.0356. The van der Waals surface area contributed by atoms with Crippen molar-refractivity contribution in [2.24, 2.45) is 0 Å². The van der Waals surface area contributed by atoms with Gasteiger partial charge in [-0.25, -0.2) is 0 Å². The van der Waals surface area contributed by atoms with E-state index in [0.717, 1.165) is 40.5 Å². The highest BCUT2D eigenvalue weighted by Crippen LogP contribution is 2.40. The second-order valence-corrected chi connectivity index (χ2v) is 7.59. The first-order valence-corrected chi connectivity index (χ1v) is 9.39. The molecule has 0 saturated heterocycles. The molecule has 0 spiro atoms. The van der Waals surface area contributed by atoms with Gasteiger partial charge in [-0.05, 0) is 55.0 Å². The van der Waals surface area contributed by atoms with Crippen molar-refractivity contribution in [1.82, 2.24) is 5.32 Å². The van der Waals surface area contributed by atoms with Crippen LogP contribution in [0.1, 0.15) is 39.2 Å². The van der Waals surface area contributed by atoms with Crippen LogP contribution in [-0.2, 0) is 12.8 Å².